The largest absolute Gasteiger partial charge is 0.433 e. The summed E-state index contributed by atoms with van der Waals surface area (Å²) in [5.41, 5.74) is -1.90. The van der Waals surface area contributed by atoms with Crippen molar-refractivity contribution in [3.05, 3.63) is 50.8 Å². The summed E-state index contributed by atoms with van der Waals surface area (Å²) in [6, 6.07) is 3.69. The molecular weight excluding hydrogens is 340 g/mol. The number of alkyl halides is 3. The molecule has 1 aromatic carbocycles. The molecule has 0 aliphatic rings. The van der Waals surface area contributed by atoms with Crippen LogP contribution < -0.4 is 0 Å². The van der Waals surface area contributed by atoms with Crippen molar-refractivity contribution in [3.63, 3.8) is 0 Å². The van der Waals surface area contributed by atoms with E-state index in [2.05, 4.69) is 4.98 Å². The molecule has 0 spiro atoms. The van der Waals surface area contributed by atoms with Gasteiger partial charge in [-0.25, -0.2) is 9.37 Å². The Balaban J connectivity index is 2.70. The standard InChI is InChI=1S/C12H4Cl3F4N/c13-5-3-6(10(15)7(14)4-5)11-8(16)1-2-9(20-11)12(17,18)19/h1-4H. The van der Waals surface area contributed by atoms with Gasteiger partial charge in [0.15, 0.2) is 0 Å². The minimum absolute atomic E-state index is 0.00669. The highest BCUT2D eigenvalue weighted by Gasteiger charge is 2.33. The lowest BCUT2D eigenvalue weighted by atomic mass is 10.1. The summed E-state index contributed by atoms with van der Waals surface area (Å²) in [6.07, 6.45) is -4.70. The average Bonchev–Trinajstić information content (AvgIpc) is 2.33. The van der Waals surface area contributed by atoms with Crippen LogP contribution in [0.3, 0.4) is 0 Å². The lowest BCUT2D eigenvalue weighted by molar-refractivity contribution is -0.141. The van der Waals surface area contributed by atoms with Crippen molar-refractivity contribution in [1.29, 1.82) is 0 Å². The van der Waals surface area contributed by atoms with Gasteiger partial charge in [-0.2, -0.15) is 13.2 Å². The Morgan fingerprint density at radius 1 is 1.00 bits per heavy atom. The molecule has 106 valence electrons. The van der Waals surface area contributed by atoms with Crippen LogP contribution in [-0.2, 0) is 6.18 Å². The Bertz CT molecular complexity index is 670. The van der Waals surface area contributed by atoms with Gasteiger partial charge in [0.2, 0.25) is 0 Å². The first-order valence-corrected chi connectivity index (χ1v) is 6.22. The fourth-order valence-electron chi connectivity index (χ4n) is 1.52. The van der Waals surface area contributed by atoms with Gasteiger partial charge < -0.3 is 0 Å². The first-order chi connectivity index (χ1) is 9.20. The summed E-state index contributed by atoms with van der Waals surface area (Å²) >= 11 is 17.4. The van der Waals surface area contributed by atoms with Crippen LogP contribution in [-0.4, -0.2) is 4.98 Å². The van der Waals surface area contributed by atoms with Gasteiger partial charge >= 0.3 is 6.18 Å². The Labute approximate surface area is 126 Å². The van der Waals surface area contributed by atoms with Gasteiger partial charge in [-0.3, -0.25) is 0 Å². The minimum Gasteiger partial charge on any atom is -0.240 e. The highest BCUT2D eigenvalue weighted by atomic mass is 35.5. The summed E-state index contributed by atoms with van der Waals surface area (Å²) < 4.78 is 51.5. The molecule has 0 N–H and O–H groups in total. The van der Waals surface area contributed by atoms with Crippen LogP contribution in [0, 0.1) is 5.82 Å². The summed E-state index contributed by atoms with van der Waals surface area (Å²) in [7, 11) is 0. The SMILES string of the molecule is Fc1ccc(C(F)(F)F)nc1-c1cc(Cl)cc(Cl)c1Cl. The van der Waals surface area contributed by atoms with E-state index in [0.29, 0.717) is 12.1 Å². The van der Waals surface area contributed by atoms with Crippen molar-refractivity contribution >= 4 is 34.8 Å². The number of nitrogens with zero attached hydrogens (tertiary/aromatic N) is 1. The third kappa shape index (κ3) is 3.00. The second-order valence-corrected chi connectivity index (χ2v) is 5.00. The van der Waals surface area contributed by atoms with E-state index in [1.165, 1.54) is 12.1 Å². The van der Waals surface area contributed by atoms with Crippen molar-refractivity contribution in [2.24, 2.45) is 0 Å². The fourth-order valence-corrected chi connectivity index (χ4v) is 2.21. The molecule has 0 radical (unpaired) electrons. The molecule has 0 aliphatic heterocycles. The maximum atomic E-state index is 13.7. The average molecular weight is 345 g/mol. The smallest absolute Gasteiger partial charge is 0.240 e. The topological polar surface area (TPSA) is 12.9 Å². The van der Waals surface area contributed by atoms with Crippen LogP contribution in [0.1, 0.15) is 5.69 Å². The molecule has 0 amide bonds. The van der Waals surface area contributed by atoms with Crippen molar-refractivity contribution in [3.8, 4) is 11.3 Å². The second kappa shape index (κ2) is 5.39. The lowest BCUT2D eigenvalue weighted by Crippen LogP contribution is -2.09. The van der Waals surface area contributed by atoms with E-state index in [1.54, 1.807) is 0 Å². The van der Waals surface area contributed by atoms with Crippen LogP contribution in [0.2, 0.25) is 15.1 Å². The first-order valence-electron chi connectivity index (χ1n) is 5.09. The minimum atomic E-state index is -4.70. The van der Waals surface area contributed by atoms with E-state index in [9.17, 15) is 17.6 Å². The normalized spacial score (nSPS) is 11.8. The van der Waals surface area contributed by atoms with Crippen molar-refractivity contribution < 1.29 is 17.6 Å². The molecule has 0 fully saturated rings. The fraction of sp³-hybridized carbons (Fsp3) is 0.0833. The van der Waals surface area contributed by atoms with Gasteiger partial charge in [0.1, 0.15) is 17.2 Å². The van der Waals surface area contributed by atoms with E-state index in [1.807, 2.05) is 0 Å². The third-order valence-corrected chi connectivity index (χ3v) is 3.40. The molecule has 1 heterocycles. The molecule has 0 bridgehead atoms. The monoisotopic (exact) mass is 343 g/mol. The van der Waals surface area contributed by atoms with Gasteiger partial charge in [-0.1, -0.05) is 34.8 Å². The van der Waals surface area contributed by atoms with E-state index in [-0.39, 0.29) is 20.6 Å². The van der Waals surface area contributed by atoms with Crippen LogP contribution in [0.25, 0.3) is 11.3 Å². The molecule has 0 aliphatic carbocycles. The number of halogens is 7. The summed E-state index contributed by atoms with van der Waals surface area (Å²) in [5.74, 6) is -0.960. The zero-order valence-electron chi connectivity index (χ0n) is 9.40. The number of hydrogen-bond acceptors (Lipinski definition) is 1. The second-order valence-electron chi connectivity index (χ2n) is 3.77. The van der Waals surface area contributed by atoms with Gasteiger partial charge in [0.05, 0.1) is 10.0 Å². The van der Waals surface area contributed by atoms with Crippen molar-refractivity contribution in [1.82, 2.24) is 4.98 Å². The predicted octanol–water partition coefficient (Wildman–Crippen LogP) is 5.87. The predicted molar refractivity (Wildman–Crippen MR) is 69.7 cm³/mol. The molecule has 2 rings (SSSR count). The van der Waals surface area contributed by atoms with E-state index in [0.717, 1.165) is 0 Å². The highest BCUT2D eigenvalue weighted by Crippen LogP contribution is 2.38. The number of benzene rings is 1. The Morgan fingerprint density at radius 2 is 1.65 bits per heavy atom. The molecule has 1 nitrogen and oxygen atoms in total. The van der Waals surface area contributed by atoms with Crippen LogP contribution in [0.15, 0.2) is 24.3 Å². The zero-order valence-corrected chi connectivity index (χ0v) is 11.7. The van der Waals surface area contributed by atoms with E-state index < -0.39 is 23.4 Å². The molecule has 0 saturated heterocycles. The third-order valence-electron chi connectivity index (χ3n) is 2.38. The molecule has 0 saturated carbocycles. The van der Waals surface area contributed by atoms with E-state index >= 15 is 0 Å². The molecule has 1 aromatic heterocycles. The number of aromatic nitrogens is 1. The molecule has 0 atom stereocenters. The van der Waals surface area contributed by atoms with Crippen LogP contribution >= 0.6 is 34.8 Å². The number of pyridine rings is 1. The van der Waals surface area contributed by atoms with Gasteiger partial charge in [0, 0.05) is 10.6 Å². The Morgan fingerprint density at radius 3 is 2.25 bits per heavy atom. The van der Waals surface area contributed by atoms with Crippen molar-refractivity contribution in [2.45, 2.75) is 6.18 Å². The summed E-state index contributed by atoms with van der Waals surface area (Å²) in [4.78, 5) is 3.26. The zero-order chi connectivity index (χ0) is 15.1. The molecular formula is C12H4Cl3F4N. The van der Waals surface area contributed by atoms with Crippen LogP contribution in [0.5, 0.6) is 0 Å². The lowest BCUT2D eigenvalue weighted by Gasteiger charge is -2.11. The van der Waals surface area contributed by atoms with Crippen molar-refractivity contribution in [2.75, 3.05) is 0 Å². The maximum absolute atomic E-state index is 13.7. The maximum Gasteiger partial charge on any atom is 0.433 e. The quantitative estimate of drug-likeness (QED) is 0.466. The first kappa shape index (κ1) is 15.4. The molecule has 0 unspecified atom stereocenters. The van der Waals surface area contributed by atoms with Gasteiger partial charge in [-0.15, -0.1) is 0 Å². The molecule has 8 heteroatoms. The Hall–Kier alpha value is -1.04. The highest BCUT2D eigenvalue weighted by molar-refractivity contribution is 6.45. The number of rotatable bonds is 1. The number of hydrogen-bond donors (Lipinski definition) is 0. The van der Waals surface area contributed by atoms with Crippen LogP contribution in [0.4, 0.5) is 17.6 Å². The Kier molecular flexibility index (Phi) is 4.14. The molecule has 20 heavy (non-hydrogen) atoms. The molecule has 2 aromatic rings. The van der Waals surface area contributed by atoms with Gasteiger partial charge in [0.25, 0.3) is 0 Å². The summed E-state index contributed by atoms with van der Waals surface area (Å²) in [6.45, 7) is 0. The summed E-state index contributed by atoms with van der Waals surface area (Å²) in [5, 5.41) is -0.0254. The van der Waals surface area contributed by atoms with Gasteiger partial charge in [-0.05, 0) is 24.3 Å². The van der Waals surface area contributed by atoms with E-state index in [4.69, 9.17) is 34.8 Å².